The van der Waals surface area contributed by atoms with Gasteiger partial charge in [0.15, 0.2) is 0 Å². The van der Waals surface area contributed by atoms with Crippen LogP contribution in [0, 0.1) is 23.2 Å². The van der Waals surface area contributed by atoms with Crippen LogP contribution in [0.4, 0.5) is 22.7 Å². The van der Waals surface area contributed by atoms with Gasteiger partial charge in [0.25, 0.3) is 6.71 Å². The van der Waals surface area contributed by atoms with Gasteiger partial charge in [-0.05, 0) is 153 Å². The molecule has 0 N–H and O–H groups in total. The average Bonchev–Trinajstić information content (AvgIpc) is 3.64. The molecule has 338 valence electrons. The van der Waals surface area contributed by atoms with Crippen LogP contribution in [0.5, 0.6) is 0 Å². The van der Waals surface area contributed by atoms with E-state index in [4.69, 9.17) is 0 Å². The van der Waals surface area contributed by atoms with E-state index in [1.807, 2.05) is 0 Å². The predicted molar refractivity (Wildman–Crippen MR) is 287 cm³/mol. The molecule has 66 heavy (non-hydrogen) atoms. The highest BCUT2D eigenvalue weighted by molar-refractivity contribution is 7.33. The van der Waals surface area contributed by atoms with Crippen molar-refractivity contribution in [3.63, 3.8) is 0 Å². The molecule has 0 amide bonds. The van der Waals surface area contributed by atoms with E-state index in [-0.39, 0.29) is 45.2 Å². The zero-order valence-electron chi connectivity index (χ0n) is 42.5. The highest BCUT2D eigenvalue weighted by atomic mass is 32.1. The van der Waals surface area contributed by atoms with E-state index in [2.05, 4.69) is 203 Å². The summed E-state index contributed by atoms with van der Waals surface area (Å²) < 4.78 is 2.91. The predicted octanol–water partition coefficient (Wildman–Crippen LogP) is 15.3. The number of benzene rings is 4. The van der Waals surface area contributed by atoms with Gasteiger partial charge < -0.3 is 9.80 Å². The van der Waals surface area contributed by atoms with Crippen molar-refractivity contribution < 1.29 is 0 Å². The second-order valence-electron chi connectivity index (χ2n) is 25.9. The summed E-state index contributed by atoms with van der Waals surface area (Å²) in [5.74, 6) is 0. The number of anilines is 4. The average molecular weight is 887 g/mol. The summed E-state index contributed by atoms with van der Waals surface area (Å²) in [5, 5.41) is 1.40. The van der Waals surface area contributed by atoms with Gasteiger partial charge in [-0.2, -0.15) is 0 Å². The van der Waals surface area contributed by atoms with Crippen molar-refractivity contribution in [2.24, 2.45) is 16.2 Å². The summed E-state index contributed by atoms with van der Waals surface area (Å²) in [7, 11) is 0. The van der Waals surface area contributed by atoms with Crippen molar-refractivity contribution in [2.75, 3.05) is 9.80 Å². The third-order valence-corrected chi connectivity index (χ3v) is 19.5. The fourth-order valence-corrected chi connectivity index (χ4v) is 15.4. The summed E-state index contributed by atoms with van der Waals surface area (Å²) >= 11 is 2.07. The van der Waals surface area contributed by atoms with Gasteiger partial charge in [0.2, 0.25) is 0 Å². The number of allylic oxidation sites excluding steroid dienone is 6. The van der Waals surface area contributed by atoms with Crippen molar-refractivity contribution in [1.82, 2.24) is 0 Å². The Morgan fingerprint density at radius 2 is 1.41 bits per heavy atom. The molecule has 0 saturated carbocycles. The molecular weight excluding hydrogens is 816 g/mol. The smallest absolute Gasteiger partial charge is 0.264 e. The van der Waals surface area contributed by atoms with Gasteiger partial charge in [0.05, 0.1) is 11.7 Å². The number of hydrogen-bond donors (Lipinski definition) is 0. The number of aryl methyl sites for hydroxylation is 1. The fraction of sp³-hybridized carbons (Fsp3) is 0.452. The molecule has 5 aromatic rings. The second kappa shape index (κ2) is 13.6. The van der Waals surface area contributed by atoms with Crippen LogP contribution in [0.25, 0.3) is 15.7 Å². The maximum Gasteiger partial charge on any atom is 0.264 e. The SMILES string of the molecule is Cc1cc2c3c(c1)N1c4c(ccc5c4C(C)(CCC5(C)C)C4=CC5=C(CC41)C(C)(C)CCC5(C)C)B3c1sc3ccc(C(C)(C)C)cc3c1N2C1=C(c2ccccc2)C=C(C(C)(C)C)CC1. The van der Waals surface area contributed by atoms with Crippen LogP contribution in [0.1, 0.15) is 163 Å². The van der Waals surface area contributed by atoms with E-state index in [1.54, 1.807) is 33.5 Å². The summed E-state index contributed by atoms with van der Waals surface area (Å²) in [6, 6.07) is 29.5. The van der Waals surface area contributed by atoms with E-state index >= 15 is 0 Å². The van der Waals surface area contributed by atoms with Gasteiger partial charge in [-0.3, -0.25) is 0 Å². The van der Waals surface area contributed by atoms with E-state index in [9.17, 15) is 0 Å². The van der Waals surface area contributed by atoms with Crippen LogP contribution >= 0.6 is 11.3 Å². The number of rotatable bonds is 2. The van der Waals surface area contributed by atoms with E-state index < -0.39 is 0 Å². The quantitative estimate of drug-likeness (QED) is 0.163. The summed E-state index contributed by atoms with van der Waals surface area (Å²) in [5.41, 5.74) is 26.0. The topological polar surface area (TPSA) is 6.48 Å². The molecule has 4 aromatic carbocycles. The number of fused-ring (bicyclic) bond motifs is 9. The Morgan fingerprint density at radius 1 is 0.697 bits per heavy atom. The lowest BCUT2D eigenvalue weighted by Gasteiger charge is -2.60. The minimum atomic E-state index is -0.0301. The van der Waals surface area contributed by atoms with Crippen LogP contribution in [-0.4, -0.2) is 12.8 Å². The standard InChI is InChI=1S/C62H71BN2S/c1-36-30-49-53-50(31-36)65-48-35-44-43(60(10,11)26-27-61(44,12)13)34-45(48)62(14)29-28-59(8,9)42-22-23-46(55(65)52(42)62)63(53)56-54(41-33-39(58(5,6)7)21-25-51(41)66-56)64(49)47-24-20-38(57(2,3)4)32-40(47)37-18-16-15-17-19-37/h15-19,21-23,25,30-34,48H,20,24,26-29,35H2,1-14H3. The highest BCUT2D eigenvalue weighted by Gasteiger charge is 2.58. The molecule has 2 atom stereocenters. The Bertz CT molecular complexity index is 3090. The maximum atomic E-state index is 2.96. The van der Waals surface area contributed by atoms with Crippen molar-refractivity contribution in [3.05, 3.63) is 141 Å². The van der Waals surface area contributed by atoms with Crippen LogP contribution in [0.15, 0.2) is 113 Å². The molecule has 1 aromatic heterocycles. The summed E-state index contributed by atoms with van der Waals surface area (Å²) in [6.45, 7) is 34.7. The molecule has 2 unspecified atom stereocenters. The first-order valence-corrected chi connectivity index (χ1v) is 26.3. The van der Waals surface area contributed by atoms with Gasteiger partial charge in [-0.15, -0.1) is 11.3 Å². The minimum Gasteiger partial charge on any atom is -0.334 e. The number of nitrogens with zero attached hydrogens (tertiary/aromatic N) is 2. The first-order chi connectivity index (χ1) is 31.0. The Labute approximate surface area is 401 Å². The number of thiophene rings is 1. The number of hydrogen-bond acceptors (Lipinski definition) is 3. The lowest BCUT2D eigenvalue weighted by molar-refractivity contribution is 0.248. The molecule has 0 saturated heterocycles. The third kappa shape index (κ3) is 5.85. The molecule has 12 rings (SSSR count). The van der Waals surface area contributed by atoms with E-state index in [0.29, 0.717) is 0 Å². The maximum absolute atomic E-state index is 2.96. The lowest BCUT2D eigenvalue weighted by Crippen LogP contribution is -2.65. The zero-order valence-corrected chi connectivity index (χ0v) is 43.3. The molecule has 2 nitrogen and oxygen atoms in total. The fourth-order valence-electron chi connectivity index (χ4n) is 14.1. The molecule has 7 aliphatic rings. The van der Waals surface area contributed by atoms with Gasteiger partial charge in [-0.1, -0.05) is 162 Å². The third-order valence-electron chi connectivity index (χ3n) is 18.2. The van der Waals surface area contributed by atoms with Crippen molar-refractivity contribution in [2.45, 2.75) is 164 Å². The van der Waals surface area contributed by atoms with E-state index in [0.717, 1.165) is 19.3 Å². The molecule has 0 spiro atoms. The lowest BCUT2D eigenvalue weighted by atomic mass is 9.35. The van der Waals surface area contributed by atoms with Crippen LogP contribution < -0.4 is 25.5 Å². The summed E-state index contributed by atoms with van der Waals surface area (Å²) in [4.78, 5) is 5.79. The Kier molecular flexibility index (Phi) is 8.81. The van der Waals surface area contributed by atoms with E-state index in [1.165, 1.54) is 102 Å². The molecule has 4 heteroatoms. The summed E-state index contributed by atoms with van der Waals surface area (Å²) in [6.07, 6.45) is 13.4. The van der Waals surface area contributed by atoms with Gasteiger partial charge in [0, 0.05) is 48.6 Å². The normalized spacial score (nSPS) is 24.3. The first-order valence-electron chi connectivity index (χ1n) is 25.4. The molecule has 3 aliphatic heterocycles. The van der Waals surface area contributed by atoms with Crippen LogP contribution in [0.3, 0.4) is 0 Å². The minimum absolute atomic E-state index is 0.0295. The van der Waals surface area contributed by atoms with Crippen molar-refractivity contribution >= 4 is 72.2 Å². The molecule has 0 fully saturated rings. The van der Waals surface area contributed by atoms with Crippen molar-refractivity contribution in [3.8, 4) is 0 Å². The molecule has 4 aliphatic carbocycles. The second-order valence-corrected chi connectivity index (χ2v) is 27.0. The molecule has 4 heterocycles. The monoisotopic (exact) mass is 887 g/mol. The van der Waals surface area contributed by atoms with Crippen molar-refractivity contribution in [1.29, 1.82) is 0 Å². The molecular formula is C62H71BN2S. The molecule has 0 radical (unpaired) electrons. The first kappa shape index (κ1) is 42.8. The van der Waals surface area contributed by atoms with Gasteiger partial charge >= 0.3 is 0 Å². The van der Waals surface area contributed by atoms with Gasteiger partial charge in [0.1, 0.15) is 0 Å². The van der Waals surface area contributed by atoms with Crippen LogP contribution in [0.2, 0.25) is 0 Å². The Balaban J connectivity index is 1.21. The van der Waals surface area contributed by atoms with Crippen LogP contribution in [-0.2, 0) is 16.2 Å². The largest absolute Gasteiger partial charge is 0.334 e. The van der Waals surface area contributed by atoms with Gasteiger partial charge in [-0.25, -0.2) is 0 Å². The Hall–Kier alpha value is -4.54. The highest BCUT2D eigenvalue weighted by Crippen LogP contribution is 2.64. The molecule has 0 bridgehead atoms. The Morgan fingerprint density at radius 3 is 2.14 bits per heavy atom. The zero-order chi connectivity index (χ0) is 46.4.